The zero-order chi connectivity index (χ0) is 14.0. The molecule has 3 N–H and O–H groups in total. The number of hydrazine groups is 1. The summed E-state index contributed by atoms with van der Waals surface area (Å²) in [7, 11) is -3.14. The Balaban J connectivity index is 3.01. The molecule has 108 valence electrons. The first-order chi connectivity index (χ1) is 8.25. The van der Waals surface area contributed by atoms with Gasteiger partial charge in [0.05, 0.1) is 4.75 Å². The van der Waals surface area contributed by atoms with Crippen molar-refractivity contribution in [1.29, 1.82) is 0 Å². The predicted molar refractivity (Wildman–Crippen MR) is 75.8 cm³/mol. The summed E-state index contributed by atoms with van der Waals surface area (Å²) in [5.74, 6) is 6.63. The van der Waals surface area contributed by atoms with E-state index in [0.717, 1.165) is 12.8 Å². The molecule has 0 saturated heterocycles. The van der Waals surface area contributed by atoms with Gasteiger partial charge in [-0.05, 0) is 32.1 Å². The minimum atomic E-state index is -3.14. The van der Waals surface area contributed by atoms with Crippen molar-refractivity contribution in [3.8, 4) is 0 Å². The maximum absolute atomic E-state index is 12.0. The van der Waals surface area contributed by atoms with Crippen LogP contribution in [0.3, 0.4) is 0 Å². The van der Waals surface area contributed by atoms with Crippen LogP contribution in [-0.4, -0.2) is 25.5 Å². The minimum Gasteiger partial charge on any atom is -0.271 e. The molecule has 1 saturated carbocycles. The summed E-state index contributed by atoms with van der Waals surface area (Å²) in [5, 5.41) is 0. The van der Waals surface area contributed by atoms with Gasteiger partial charge in [-0.3, -0.25) is 11.3 Å². The van der Waals surface area contributed by atoms with Gasteiger partial charge in [0.15, 0.2) is 9.84 Å². The van der Waals surface area contributed by atoms with Gasteiger partial charge >= 0.3 is 0 Å². The van der Waals surface area contributed by atoms with Gasteiger partial charge in [0.2, 0.25) is 0 Å². The van der Waals surface area contributed by atoms with Crippen LogP contribution in [0.2, 0.25) is 0 Å². The van der Waals surface area contributed by atoms with Gasteiger partial charge in [-0.1, -0.05) is 32.6 Å². The van der Waals surface area contributed by atoms with E-state index in [4.69, 9.17) is 5.84 Å². The molecule has 1 aliphatic carbocycles. The second kappa shape index (κ2) is 5.88. The van der Waals surface area contributed by atoms with E-state index < -0.39 is 14.6 Å². The Hall–Kier alpha value is -0.130. The quantitative estimate of drug-likeness (QED) is 0.594. The first-order valence-electron chi connectivity index (χ1n) is 6.91. The first kappa shape index (κ1) is 15.9. The van der Waals surface area contributed by atoms with Gasteiger partial charge in [0, 0.05) is 12.3 Å². The van der Waals surface area contributed by atoms with Crippen LogP contribution in [0.15, 0.2) is 0 Å². The molecule has 4 nitrogen and oxygen atoms in total. The third-order valence-corrected chi connectivity index (χ3v) is 6.97. The summed E-state index contributed by atoms with van der Waals surface area (Å²) in [6, 6.07) is -0.169. The van der Waals surface area contributed by atoms with Crippen LogP contribution < -0.4 is 11.3 Å². The van der Waals surface area contributed by atoms with Crippen LogP contribution >= 0.6 is 0 Å². The highest BCUT2D eigenvalue weighted by Gasteiger charge is 2.45. The first-order valence-corrected chi connectivity index (χ1v) is 8.80. The lowest BCUT2D eigenvalue weighted by Crippen LogP contribution is -2.59. The lowest BCUT2D eigenvalue weighted by atomic mass is 9.71. The standard InChI is InChI=1S/C13H28N2O2S/c1-5-10-8-6-7-9-11(10)12(15-14)13(2,3)18(4,16)17/h10-12,15H,5-9,14H2,1-4H3. The lowest BCUT2D eigenvalue weighted by Gasteiger charge is -2.43. The van der Waals surface area contributed by atoms with E-state index in [0.29, 0.717) is 11.8 Å². The number of nitrogens with two attached hydrogens (primary N) is 1. The van der Waals surface area contributed by atoms with E-state index in [1.807, 2.05) is 0 Å². The van der Waals surface area contributed by atoms with Gasteiger partial charge in [-0.15, -0.1) is 0 Å². The smallest absolute Gasteiger partial charge is 0.154 e. The molecule has 0 amide bonds. The Morgan fingerprint density at radius 1 is 1.33 bits per heavy atom. The van der Waals surface area contributed by atoms with Crippen molar-refractivity contribution in [2.75, 3.05) is 6.26 Å². The summed E-state index contributed by atoms with van der Waals surface area (Å²) < 4.78 is 23.2. The maximum atomic E-state index is 12.0. The highest BCUT2D eigenvalue weighted by atomic mass is 32.2. The highest BCUT2D eigenvalue weighted by molar-refractivity contribution is 7.92. The summed E-state index contributed by atoms with van der Waals surface area (Å²) >= 11 is 0. The second-order valence-electron chi connectivity index (χ2n) is 6.14. The molecule has 1 fully saturated rings. The third-order valence-electron chi connectivity index (χ3n) is 4.80. The van der Waals surface area contributed by atoms with Crippen molar-refractivity contribution >= 4 is 9.84 Å². The molecule has 0 radical (unpaired) electrons. The molecule has 0 bridgehead atoms. The Bertz CT molecular complexity index is 365. The van der Waals surface area contributed by atoms with Gasteiger partial charge in [-0.2, -0.15) is 0 Å². The zero-order valence-electron chi connectivity index (χ0n) is 12.1. The van der Waals surface area contributed by atoms with Crippen LogP contribution in [0, 0.1) is 11.8 Å². The van der Waals surface area contributed by atoms with Crippen molar-refractivity contribution in [2.45, 2.75) is 63.7 Å². The SMILES string of the molecule is CCC1CCCCC1C(NN)C(C)(C)S(C)(=O)=O. The molecular weight excluding hydrogens is 248 g/mol. The highest BCUT2D eigenvalue weighted by Crippen LogP contribution is 2.39. The molecule has 1 aliphatic rings. The lowest BCUT2D eigenvalue weighted by molar-refractivity contribution is 0.154. The summed E-state index contributed by atoms with van der Waals surface area (Å²) in [6.45, 7) is 5.76. The molecule has 0 spiro atoms. The average Bonchev–Trinajstić information content (AvgIpc) is 2.29. The fourth-order valence-corrected chi connectivity index (χ4v) is 3.96. The molecule has 0 aromatic rings. The number of nitrogens with one attached hydrogen (secondary N) is 1. The number of sulfone groups is 1. The normalized spacial score (nSPS) is 28.1. The van der Waals surface area contributed by atoms with Crippen molar-refractivity contribution < 1.29 is 8.42 Å². The Labute approximate surface area is 112 Å². The largest absolute Gasteiger partial charge is 0.271 e. The van der Waals surface area contributed by atoms with Crippen molar-refractivity contribution in [3.63, 3.8) is 0 Å². The number of hydrogen-bond acceptors (Lipinski definition) is 4. The molecule has 5 heteroatoms. The summed E-state index contributed by atoms with van der Waals surface area (Å²) in [4.78, 5) is 0. The summed E-state index contributed by atoms with van der Waals surface area (Å²) in [5.41, 5.74) is 2.80. The van der Waals surface area contributed by atoms with E-state index in [2.05, 4.69) is 12.3 Å². The molecule has 0 aromatic heterocycles. The molecule has 0 aliphatic heterocycles. The van der Waals surface area contributed by atoms with Gasteiger partial charge in [0.25, 0.3) is 0 Å². The molecule has 3 atom stereocenters. The van der Waals surface area contributed by atoms with Crippen molar-refractivity contribution in [1.82, 2.24) is 5.43 Å². The number of rotatable bonds is 5. The van der Waals surface area contributed by atoms with E-state index in [9.17, 15) is 8.42 Å². The monoisotopic (exact) mass is 276 g/mol. The van der Waals surface area contributed by atoms with Gasteiger partial charge in [-0.25, -0.2) is 8.42 Å². The van der Waals surface area contributed by atoms with Crippen LogP contribution in [0.25, 0.3) is 0 Å². The fraction of sp³-hybridized carbons (Fsp3) is 1.00. The van der Waals surface area contributed by atoms with Gasteiger partial charge in [0.1, 0.15) is 0 Å². The Morgan fingerprint density at radius 3 is 2.33 bits per heavy atom. The third kappa shape index (κ3) is 3.06. The molecule has 18 heavy (non-hydrogen) atoms. The maximum Gasteiger partial charge on any atom is 0.154 e. The fourth-order valence-electron chi connectivity index (χ4n) is 3.25. The van der Waals surface area contributed by atoms with E-state index in [1.54, 1.807) is 13.8 Å². The molecule has 0 heterocycles. The zero-order valence-corrected chi connectivity index (χ0v) is 12.9. The van der Waals surface area contributed by atoms with Crippen LogP contribution in [0.5, 0.6) is 0 Å². The van der Waals surface area contributed by atoms with E-state index in [-0.39, 0.29) is 6.04 Å². The van der Waals surface area contributed by atoms with E-state index in [1.165, 1.54) is 25.5 Å². The minimum absolute atomic E-state index is 0.169. The van der Waals surface area contributed by atoms with Crippen molar-refractivity contribution in [3.05, 3.63) is 0 Å². The Morgan fingerprint density at radius 2 is 1.89 bits per heavy atom. The van der Waals surface area contributed by atoms with E-state index >= 15 is 0 Å². The molecule has 3 unspecified atom stereocenters. The Kier molecular flexibility index (Phi) is 5.21. The van der Waals surface area contributed by atoms with Crippen LogP contribution in [0.4, 0.5) is 0 Å². The number of hydrogen-bond donors (Lipinski definition) is 2. The molecule has 0 aromatic carbocycles. The topological polar surface area (TPSA) is 72.2 Å². The van der Waals surface area contributed by atoms with Crippen molar-refractivity contribution in [2.24, 2.45) is 17.7 Å². The summed E-state index contributed by atoms with van der Waals surface area (Å²) in [6.07, 6.45) is 7.11. The molecular formula is C13H28N2O2S. The van der Waals surface area contributed by atoms with Crippen LogP contribution in [-0.2, 0) is 9.84 Å². The van der Waals surface area contributed by atoms with Gasteiger partial charge < -0.3 is 0 Å². The van der Waals surface area contributed by atoms with Crippen LogP contribution in [0.1, 0.15) is 52.9 Å². The molecule has 1 rings (SSSR count). The second-order valence-corrected chi connectivity index (χ2v) is 8.73. The average molecular weight is 276 g/mol. The predicted octanol–water partition coefficient (Wildman–Crippen LogP) is 1.86.